The lowest BCUT2D eigenvalue weighted by Crippen LogP contribution is -2.36. The average Bonchev–Trinajstić information content (AvgIpc) is 2.30. The maximum atomic E-state index is 12.0. The zero-order chi connectivity index (χ0) is 10.7. The van der Waals surface area contributed by atoms with Gasteiger partial charge in [0, 0.05) is 12.1 Å². The summed E-state index contributed by atoms with van der Waals surface area (Å²) in [6.45, 7) is 3.29. The first-order valence-corrected chi connectivity index (χ1v) is 5.29. The van der Waals surface area contributed by atoms with E-state index in [1.807, 2.05) is 31.2 Å². The zero-order valence-corrected chi connectivity index (χ0v) is 8.90. The van der Waals surface area contributed by atoms with Gasteiger partial charge in [-0.3, -0.25) is 9.63 Å². The third-order valence-electron chi connectivity index (χ3n) is 2.60. The van der Waals surface area contributed by atoms with Crippen molar-refractivity contribution >= 4 is 5.91 Å². The molecule has 0 aromatic heterocycles. The normalized spacial score (nSPS) is 16.5. The van der Waals surface area contributed by atoms with Crippen LogP contribution in [0.25, 0.3) is 0 Å². The second-order valence-electron chi connectivity index (χ2n) is 3.76. The lowest BCUT2D eigenvalue weighted by Gasteiger charge is -2.26. The predicted molar refractivity (Wildman–Crippen MR) is 57.4 cm³/mol. The Hall–Kier alpha value is -1.35. The van der Waals surface area contributed by atoms with Gasteiger partial charge in [0.2, 0.25) is 0 Å². The molecule has 3 heteroatoms. The van der Waals surface area contributed by atoms with Crippen molar-refractivity contribution in [2.24, 2.45) is 0 Å². The molecule has 1 fully saturated rings. The minimum absolute atomic E-state index is 0.0206. The lowest BCUT2D eigenvalue weighted by molar-refractivity contribution is -0.144. The summed E-state index contributed by atoms with van der Waals surface area (Å²) in [6, 6.07) is 7.60. The molecule has 0 unspecified atom stereocenters. The van der Waals surface area contributed by atoms with E-state index in [9.17, 15) is 4.79 Å². The third-order valence-corrected chi connectivity index (χ3v) is 2.60. The Morgan fingerprint density at radius 3 is 2.80 bits per heavy atom. The first kappa shape index (κ1) is 10.2. The van der Waals surface area contributed by atoms with Gasteiger partial charge in [-0.15, -0.1) is 0 Å². The van der Waals surface area contributed by atoms with Crippen LogP contribution in [0.4, 0.5) is 0 Å². The van der Waals surface area contributed by atoms with Crippen molar-refractivity contribution in [3.8, 4) is 0 Å². The Balaban J connectivity index is 2.16. The van der Waals surface area contributed by atoms with E-state index in [2.05, 4.69) is 0 Å². The second kappa shape index (κ2) is 4.45. The van der Waals surface area contributed by atoms with E-state index in [1.54, 1.807) is 0 Å². The summed E-state index contributed by atoms with van der Waals surface area (Å²) in [6.07, 6.45) is 2.06. The van der Waals surface area contributed by atoms with Gasteiger partial charge in [0.15, 0.2) is 0 Å². The topological polar surface area (TPSA) is 29.5 Å². The molecule has 0 atom stereocenters. The van der Waals surface area contributed by atoms with Crippen LogP contribution in [0.5, 0.6) is 0 Å². The molecule has 0 aliphatic carbocycles. The molecule has 0 radical (unpaired) electrons. The van der Waals surface area contributed by atoms with Crippen molar-refractivity contribution < 1.29 is 9.63 Å². The summed E-state index contributed by atoms with van der Waals surface area (Å²) in [5.41, 5.74) is 1.73. The van der Waals surface area contributed by atoms with E-state index >= 15 is 0 Å². The highest BCUT2D eigenvalue weighted by molar-refractivity contribution is 5.94. The number of carbonyl (C=O) groups excluding carboxylic acids is 1. The fourth-order valence-corrected chi connectivity index (χ4v) is 1.70. The van der Waals surface area contributed by atoms with Crippen LogP contribution in [0, 0.1) is 6.92 Å². The van der Waals surface area contributed by atoms with Gasteiger partial charge >= 0.3 is 0 Å². The lowest BCUT2D eigenvalue weighted by atomic mass is 10.1. The number of amides is 1. The third kappa shape index (κ3) is 2.18. The molecule has 0 spiro atoms. The second-order valence-corrected chi connectivity index (χ2v) is 3.76. The average molecular weight is 205 g/mol. The molecule has 3 nitrogen and oxygen atoms in total. The number of benzene rings is 1. The molecule has 1 aromatic carbocycles. The van der Waals surface area contributed by atoms with Crippen LogP contribution in [0.1, 0.15) is 28.8 Å². The highest BCUT2D eigenvalue weighted by Gasteiger charge is 2.20. The molecular formula is C12H15NO2. The van der Waals surface area contributed by atoms with Crippen LogP contribution >= 0.6 is 0 Å². The van der Waals surface area contributed by atoms with Gasteiger partial charge in [0.1, 0.15) is 0 Å². The van der Waals surface area contributed by atoms with Crippen LogP contribution in [0.15, 0.2) is 24.3 Å². The van der Waals surface area contributed by atoms with Gasteiger partial charge in [-0.05, 0) is 31.4 Å². The molecular weight excluding hydrogens is 190 g/mol. The molecule has 1 aliphatic rings. The van der Waals surface area contributed by atoms with E-state index in [0.29, 0.717) is 13.2 Å². The van der Waals surface area contributed by atoms with E-state index in [1.165, 1.54) is 5.06 Å². The Morgan fingerprint density at radius 1 is 1.33 bits per heavy atom. The number of aryl methyl sites for hydroxylation is 1. The van der Waals surface area contributed by atoms with Crippen molar-refractivity contribution in [3.63, 3.8) is 0 Å². The molecule has 2 rings (SSSR count). The van der Waals surface area contributed by atoms with Crippen molar-refractivity contribution in [3.05, 3.63) is 35.4 Å². The predicted octanol–water partition coefficient (Wildman–Crippen LogP) is 2.16. The Morgan fingerprint density at radius 2 is 2.13 bits per heavy atom. The summed E-state index contributed by atoms with van der Waals surface area (Å²) >= 11 is 0. The van der Waals surface area contributed by atoms with Gasteiger partial charge < -0.3 is 0 Å². The monoisotopic (exact) mass is 205 g/mol. The summed E-state index contributed by atoms with van der Waals surface area (Å²) < 4.78 is 0. The van der Waals surface area contributed by atoms with Crippen LogP contribution in [-0.2, 0) is 4.84 Å². The zero-order valence-electron chi connectivity index (χ0n) is 8.90. The summed E-state index contributed by atoms with van der Waals surface area (Å²) in [5.74, 6) is -0.0206. The number of nitrogens with zero attached hydrogens (tertiary/aromatic N) is 1. The van der Waals surface area contributed by atoms with Crippen LogP contribution in [0.3, 0.4) is 0 Å². The quantitative estimate of drug-likeness (QED) is 0.703. The SMILES string of the molecule is Cc1ccccc1C(=O)N1CCCCO1. The van der Waals surface area contributed by atoms with Gasteiger partial charge in [-0.25, -0.2) is 5.06 Å². The Kier molecular flexibility index (Phi) is 3.02. The Bertz CT molecular complexity index is 356. The number of rotatable bonds is 1. The molecule has 80 valence electrons. The summed E-state index contributed by atoms with van der Waals surface area (Å²) in [7, 11) is 0. The van der Waals surface area contributed by atoms with Gasteiger partial charge in [0.05, 0.1) is 6.61 Å². The highest BCUT2D eigenvalue weighted by atomic mass is 16.7. The molecule has 0 bridgehead atoms. The first-order valence-electron chi connectivity index (χ1n) is 5.29. The molecule has 1 amide bonds. The van der Waals surface area contributed by atoms with Gasteiger partial charge in [-0.1, -0.05) is 18.2 Å². The molecule has 0 saturated carbocycles. The minimum Gasteiger partial charge on any atom is -0.271 e. The van der Waals surface area contributed by atoms with Crippen LogP contribution in [-0.4, -0.2) is 24.1 Å². The fraction of sp³-hybridized carbons (Fsp3) is 0.417. The maximum Gasteiger partial charge on any atom is 0.277 e. The van der Waals surface area contributed by atoms with Crippen LogP contribution in [0.2, 0.25) is 0 Å². The molecule has 1 heterocycles. The molecule has 1 saturated heterocycles. The van der Waals surface area contributed by atoms with Crippen LogP contribution < -0.4 is 0 Å². The molecule has 1 aliphatic heterocycles. The standard InChI is InChI=1S/C12H15NO2/c1-10-6-2-3-7-11(10)12(14)13-8-4-5-9-15-13/h2-3,6-7H,4-5,8-9H2,1H3. The first-order chi connectivity index (χ1) is 7.29. The maximum absolute atomic E-state index is 12.0. The minimum atomic E-state index is -0.0206. The van der Waals surface area contributed by atoms with Crippen molar-refractivity contribution in [2.45, 2.75) is 19.8 Å². The van der Waals surface area contributed by atoms with Gasteiger partial charge in [0.25, 0.3) is 5.91 Å². The largest absolute Gasteiger partial charge is 0.277 e. The van der Waals surface area contributed by atoms with E-state index in [-0.39, 0.29) is 5.91 Å². The van der Waals surface area contributed by atoms with Gasteiger partial charge in [-0.2, -0.15) is 0 Å². The van der Waals surface area contributed by atoms with E-state index in [4.69, 9.17) is 4.84 Å². The Labute approximate surface area is 89.6 Å². The number of hydrogen-bond donors (Lipinski definition) is 0. The molecule has 0 N–H and O–H groups in total. The molecule has 1 aromatic rings. The van der Waals surface area contributed by atoms with Crippen molar-refractivity contribution in [2.75, 3.05) is 13.2 Å². The van der Waals surface area contributed by atoms with Crippen molar-refractivity contribution in [1.29, 1.82) is 0 Å². The van der Waals surface area contributed by atoms with E-state index < -0.39 is 0 Å². The molecule has 15 heavy (non-hydrogen) atoms. The smallest absolute Gasteiger partial charge is 0.271 e. The van der Waals surface area contributed by atoms with E-state index in [0.717, 1.165) is 24.0 Å². The summed E-state index contributed by atoms with van der Waals surface area (Å²) in [4.78, 5) is 17.4. The number of hydrogen-bond acceptors (Lipinski definition) is 2. The number of carbonyl (C=O) groups is 1. The van der Waals surface area contributed by atoms with Crippen molar-refractivity contribution in [1.82, 2.24) is 5.06 Å². The summed E-state index contributed by atoms with van der Waals surface area (Å²) in [5, 5.41) is 1.48. The highest BCUT2D eigenvalue weighted by Crippen LogP contribution is 2.14. The number of hydroxylamine groups is 2. The fourth-order valence-electron chi connectivity index (χ4n) is 1.70.